The number of esters is 1. The number of phenols is 1. The van der Waals surface area contributed by atoms with Crippen LogP contribution in [0.4, 0.5) is 0 Å². The van der Waals surface area contributed by atoms with Crippen LogP contribution in [-0.4, -0.2) is 64.6 Å². The monoisotopic (exact) mass is 640 g/mol. The van der Waals surface area contributed by atoms with Crippen molar-refractivity contribution in [3.8, 4) is 17.2 Å². The Hall–Kier alpha value is -2.62. The summed E-state index contributed by atoms with van der Waals surface area (Å²) in [4.78, 5) is 31.5. The van der Waals surface area contributed by atoms with Crippen LogP contribution >= 0.6 is 27.3 Å². The number of phenolic OH excluding ortho intramolecular Hbond substituents is 1. The third-order valence-electron chi connectivity index (χ3n) is 9.33. The number of ether oxygens (including phenoxy) is 2. The lowest BCUT2D eigenvalue weighted by atomic mass is 9.50. The standard InChI is InChI=1S/C32H37BrN2O5S/c1-5-11-34-12-10-32-23-7-8-24(35(16-18(2)3)28(38)9-6-21-13-20(33)17-41-21)31(32)40-30-27(39-19(4)36)15-26(37)22(29(30)32)14-25(23)34/h5-6,9,13,15,17-18,23-25,31,37H,1,7-8,10-12,14,16H2,2-4H3/b9-6+/t23-,24-,25+,31-,32-/m0/s1. The zero-order chi connectivity index (χ0) is 29.1. The molecular formula is C32H37BrN2O5S. The number of nitrogens with zero attached hydrogens (tertiary/aromatic N) is 2. The number of carbonyl (C=O) groups excluding carboxylic acids is 2. The minimum absolute atomic E-state index is 0.0256. The Labute approximate surface area is 253 Å². The van der Waals surface area contributed by atoms with Crippen molar-refractivity contribution in [3.05, 3.63) is 56.7 Å². The molecule has 2 fully saturated rings. The van der Waals surface area contributed by atoms with Crippen molar-refractivity contribution in [2.75, 3.05) is 19.6 Å². The second-order valence-electron chi connectivity index (χ2n) is 12.2. The van der Waals surface area contributed by atoms with Gasteiger partial charge in [0.2, 0.25) is 5.91 Å². The molecule has 2 aromatic rings. The first-order valence-electron chi connectivity index (χ1n) is 14.5. The molecule has 1 aromatic carbocycles. The van der Waals surface area contributed by atoms with Crippen LogP contribution in [0.15, 0.2) is 40.7 Å². The van der Waals surface area contributed by atoms with Crippen molar-refractivity contribution >= 4 is 45.2 Å². The highest BCUT2D eigenvalue weighted by molar-refractivity contribution is 9.10. The molecular weight excluding hydrogens is 604 g/mol. The molecule has 2 aliphatic heterocycles. The topological polar surface area (TPSA) is 79.3 Å². The number of carbonyl (C=O) groups is 2. The van der Waals surface area contributed by atoms with Crippen LogP contribution in [0.25, 0.3) is 6.08 Å². The number of halogens is 1. The highest BCUT2D eigenvalue weighted by atomic mass is 79.9. The Morgan fingerprint density at radius 1 is 1.37 bits per heavy atom. The van der Waals surface area contributed by atoms with E-state index >= 15 is 0 Å². The van der Waals surface area contributed by atoms with Crippen molar-refractivity contribution < 1.29 is 24.2 Å². The molecule has 1 amide bonds. The van der Waals surface area contributed by atoms with Gasteiger partial charge >= 0.3 is 5.97 Å². The average Bonchev–Trinajstić information content (AvgIpc) is 3.49. The number of benzene rings is 1. The molecule has 1 N–H and O–H groups in total. The van der Waals surface area contributed by atoms with E-state index in [1.165, 1.54) is 13.0 Å². The quantitative estimate of drug-likeness (QED) is 0.167. The number of rotatable bonds is 8. The van der Waals surface area contributed by atoms with E-state index < -0.39 is 5.97 Å². The fourth-order valence-electron chi connectivity index (χ4n) is 8.04. The summed E-state index contributed by atoms with van der Waals surface area (Å²) in [5.41, 5.74) is 1.51. The molecule has 0 unspecified atom stereocenters. The van der Waals surface area contributed by atoms with E-state index in [0.717, 1.165) is 52.8 Å². The predicted octanol–water partition coefficient (Wildman–Crippen LogP) is 5.93. The van der Waals surface area contributed by atoms with E-state index in [-0.39, 0.29) is 46.9 Å². The van der Waals surface area contributed by atoms with Gasteiger partial charge in [-0.25, -0.2) is 0 Å². The number of piperidine rings is 1. The number of thiophene rings is 1. The molecule has 2 aliphatic carbocycles. The normalized spacial score (nSPS) is 27.9. The molecule has 7 nitrogen and oxygen atoms in total. The molecule has 41 heavy (non-hydrogen) atoms. The Balaban J connectivity index is 1.44. The minimum Gasteiger partial charge on any atom is -0.508 e. The van der Waals surface area contributed by atoms with Gasteiger partial charge in [-0.05, 0) is 72.1 Å². The summed E-state index contributed by atoms with van der Waals surface area (Å²) >= 11 is 5.08. The maximum atomic E-state index is 13.9. The lowest BCUT2D eigenvalue weighted by molar-refractivity contribution is -0.138. The molecule has 3 heterocycles. The van der Waals surface area contributed by atoms with Gasteiger partial charge in [-0.3, -0.25) is 14.5 Å². The summed E-state index contributed by atoms with van der Waals surface area (Å²) in [7, 11) is 0. The van der Waals surface area contributed by atoms with Gasteiger partial charge in [0.05, 0.1) is 6.04 Å². The Morgan fingerprint density at radius 3 is 2.85 bits per heavy atom. The van der Waals surface area contributed by atoms with Crippen LogP contribution in [0.2, 0.25) is 0 Å². The molecule has 5 atom stereocenters. The van der Waals surface area contributed by atoms with E-state index in [2.05, 4.69) is 41.3 Å². The summed E-state index contributed by atoms with van der Waals surface area (Å²) in [6.45, 7) is 11.9. The summed E-state index contributed by atoms with van der Waals surface area (Å²) in [5, 5.41) is 13.3. The van der Waals surface area contributed by atoms with Gasteiger partial charge in [-0.1, -0.05) is 19.9 Å². The minimum atomic E-state index is -0.457. The second-order valence-corrected chi connectivity index (χ2v) is 14.0. The van der Waals surface area contributed by atoms with Crippen LogP contribution in [0.1, 0.15) is 56.0 Å². The summed E-state index contributed by atoms with van der Waals surface area (Å²) in [5.74, 6) is 1.08. The number of likely N-dealkylation sites (tertiary alicyclic amines) is 1. The molecule has 1 saturated heterocycles. The lowest BCUT2D eigenvalue weighted by Crippen LogP contribution is -2.69. The third-order valence-corrected chi connectivity index (χ3v) is 11.0. The van der Waals surface area contributed by atoms with Gasteiger partial charge in [-0.15, -0.1) is 17.9 Å². The SMILES string of the molecule is C=CCN1CC[C@]23c4c5c(O)cc(OC(C)=O)c4O[C@H]2[C@@H](N(CC(C)C)C(=O)/C=C/c2cc(Br)cs2)CC[C@H]3[C@H]1C5. The number of hydrogen-bond donors (Lipinski definition) is 1. The molecule has 1 saturated carbocycles. The highest BCUT2D eigenvalue weighted by Gasteiger charge is 2.67. The van der Waals surface area contributed by atoms with E-state index in [1.54, 1.807) is 17.4 Å². The van der Waals surface area contributed by atoms with Crippen LogP contribution in [0.3, 0.4) is 0 Å². The van der Waals surface area contributed by atoms with Gasteiger partial charge < -0.3 is 19.5 Å². The van der Waals surface area contributed by atoms with Crippen LogP contribution in [0.5, 0.6) is 17.2 Å². The second kappa shape index (κ2) is 10.9. The van der Waals surface area contributed by atoms with Gasteiger partial charge in [0.1, 0.15) is 11.9 Å². The summed E-state index contributed by atoms with van der Waals surface area (Å²) in [6.07, 6.45) is 8.56. The number of amides is 1. The molecule has 1 spiro atoms. The zero-order valence-electron chi connectivity index (χ0n) is 23.8. The third kappa shape index (κ3) is 4.74. The first kappa shape index (κ1) is 28.5. The first-order valence-corrected chi connectivity index (χ1v) is 16.1. The van der Waals surface area contributed by atoms with E-state index in [0.29, 0.717) is 24.6 Å². The van der Waals surface area contributed by atoms with Gasteiger partial charge in [0, 0.05) is 69.5 Å². The molecule has 9 heteroatoms. The van der Waals surface area contributed by atoms with Gasteiger partial charge in [-0.2, -0.15) is 0 Å². The summed E-state index contributed by atoms with van der Waals surface area (Å²) < 4.78 is 13.5. The lowest BCUT2D eigenvalue weighted by Gasteiger charge is -2.60. The zero-order valence-corrected chi connectivity index (χ0v) is 26.2. The molecule has 218 valence electrons. The Morgan fingerprint density at radius 2 is 2.17 bits per heavy atom. The Bertz CT molecular complexity index is 1420. The van der Waals surface area contributed by atoms with Crippen LogP contribution in [-0.2, 0) is 21.4 Å². The molecule has 1 aromatic heterocycles. The predicted molar refractivity (Wildman–Crippen MR) is 164 cm³/mol. The molecule has 4 aliphatic rings. The molecule has 0 radical (unpaired) electrons. The summed E-state index contributed by atoms with van der Waals surface area (Å²) in [6, 6.07) is 3.62. The van der Waals surface area contributed by atoms with E-state index in [4.69, 9.17) is 9.47 Å². The highest BCUT2D eigenvalue weighted by Crippen LogP contribution is 2.65. The first-order chi connectivity index (χ1) is 19.6. The van der Waals surface area contributed by atoms with E-state index in [1.807, 2.05) is 28.5 Å². The van der Waals surface area contributed by atoms with E-state index in [9.17, 15) is 14.7 Å². The van der Waals surface area contributed by atoms with Gasteiger partial charge in [0.25, 0.3) is 0 Å². The maximum absolute atomic E-state index is 13.9. The Kier molecular flexibility index (Phi) is 7.57. The fraction of sp³-hybridized carbons (Fsp3) is 0.500. The largest absolute Gasteiger partial charge is 0.508 e. The average molecular weight is 642 g/mol. The fourth-order valence-corrected chi connectivity index (χ4v) is 9.38. The van der Waals surface area contributed by atoms with Crippen molar-refractivity contribution in [1.29, 1.82) is 0 Å². The number of aromatic hydroxyl groups is 1. The van der Waals surface area contributed by atoms with Crippen molar-refractivity contribution in [2.45, 2.75) is 70.1 Å². The van der Waals surface area contributed by atoms with Crippen molar-refractivity contribution in [3.63, 3.8) is 0 Å². The van der Waals surface area contributed by atoms with Crippen molar-refractivity contribution in [1.82, 2.24) is 9.80 Å². The van der Waals surface area contributed by atoms with Crippen LogP contribution < -0.4 is 9.47 Å². The smallest absolute Gasteiger partial charge is 0.308 e. The van der Waals surface area contributed by atoms with Crippen molar-refractivity contribution in [2.24, 2.45) is 11.8 Å². The molecule has 2 bridgehead atoms. The maximum Gasteiger partial charge on any atom is 0.308 e. The van der Waals surface area contributed by atoms with Gasteiger partial charge in [0.15, 0.2) is 11.5 Å². The molecule has 6 rings (SSSR count). The van der Waals surface area contributed by atoms with Crippen LogP contribution in [0, 0.1) is 11.8 Å². The number of hydrogen-bond acceptors (Lipinski definition) is 7.